The zero-order valence-electron chi connectivity index (χ0n) is 18.6. The zero-order valence-corrected chi connectivity index (χ0v) is 19.5. The molecule has 0 fully saturated rings. The van der Waals surface area contributed by atoms with Gasteiger partial charge < -0.3 is 10.1 Å². The van der Waals surface area contributed by atoms with Crippen LogP contribution in [0.2, 0.25) is 0 Å². The fraction of sp³-hybridized carbons (Fsp3) is 0.192. The van der Waals surface area contributed by atoms with Gasteiger partial charge in [0.05, 0.1) is 12.5 Å². The number of aromatic nitrogens is 2. The highest BCUT2D eigenvalue weighted by Crippen LogP contribution is 2.32. The number of ether oxygens (including phenoxy) is 1. The van der Waals surface area contributed by atoms with Gasteiger partial charge in [-0.3, -0.25) is 14.2 Å². The van der Waals surface area contributed by atoms with E-state index < -0.39 is 0 Å². The number of thiophene rings is 1. The number of hydrogen-bond acceptors (Lipinski definition) is 5. The molecule has 5 rings (SSSR count). The lowest BCUT2D eigenvalue weighted by Crippen LogP contribution is -2.20. The third kappa shape index (κ3) is 3.85. The number of hydrogen-bond donors (Lipinski definition) is 1. The Hall–Kier alpha value is -3.71. The van der Waals surface area contributed by atoms with E-state index in [4.69, 9.17) is 9.72 Å². The van der Waals surface area contributed by atoms with Gasteiger partial charge >= 0.3 is 0 Å². The summed E-state index contributed by atoms with van der Waals surface area (Å²) in [5.41, 5.74) is 4.29. The number of amides is 1. The fourth-order valence-electron chi connectivity index (χ4n) is 4.11. The molecule has 1 aliphatic heterocycles. The van der Waals surface area contributed by atoms with Crippen LogP contribution in [0.25, 0.3) is 21.9 Å². The van der Waals surface area contributed by atoms with Crippen LogP contribution in [0.15, 0.2) is 53.3 Å². The smallest absolute Gasteiger partial charge is 0.262 e. The van der Waals surface area contributed by atoms with Crippen molar-refractivity contribution in [2.75, 3.05) is 12.4 Å². The van der Waals surface area contributed by atoms with Crippen molar-refractivity contribution in [1.82, 2.24) is 9.55 Å². The van der Waals surface area contributed by atoms with Gasteiger partial charge in [-0.15, -0.1) is 11.3 Å². The standard InChI is InChI=1S/C26H23N3O3S/c1-15-16(2)33-25-22(15)26(31)29-12-11-19(23(29)28-25)13-17-5-4-6-20(14-17)27-24(30)18-7-9-21(32-3)10-8-18/h4-10,13-14H,11-12H2,1-3H3,(H,27,30)/b19-13+. The molecule has 2 aromatic carbocycles. The largest absolute Gasteiger partial charge is 0.497 e. The number of fused-ring (bicyclic) bond motifs is 2. The van der Waals surface area contributed by atoms with Crippen LogP contribution < -0.4 is 15.6 Å². The number of nitrogens with zero attached hydrogens (tertiary/aromatic N) is 2. The van der Waals surface area contributed by atoms with Crippen molar-refractivity contribution in [1.29, 1.82) is 0 Å². The Bertz CT molecular complexity index is 1480. The molecule has 33 heavy (non-hydrogen) atoms. The maximum atomic E-state index is 13.0. The lowest BCUT2D eigenvalue weighted by atomic mass is 10.1. The summed E-state index contributed by atoms with van der Waals surface area (Å²) in [5, 5.41) is 3.69. The van der Waals surface area contributed by atoms with Crippen molar-refractivity contribution in [3.8, 4) is 5.75 Å². The lowest BCUT2D eigenvalue weighted by molar-refractivity contribution is 0.102. The minimum absolute atomic E-state index is 0.0424. The second-order valence-electron chi connectivity index (χ2n) is 8.08. The molecule has 0 bridgehead atoms. The van der Waals surface area contributed by atoms with Gasteiger partial charge in [-0.1, -0.05) is 12.1 Å². The van der Waals surface area contributed by atoms with Crippen molar-refractivity contribution in [3.63, 3.8) is 0 Å². The second-order valence-corrected chi connectivity index (χ2v) is 9.29. The van der Waals surface area contributed by atoms with Gasteiger partial charge in [0.25, 0.3) is 11.5 Å². The quantitative estimate of drug-likeness (QED) is 0.453. The van der Waals surface area contributed by atoms with E-state index in [-0.39, 0.29) is 11.5 Å². The number of carbonyl (C=O) groups is 1. The molecule has 0 atom stereocenters. The second kappa shape index (κ2) is 8.33. The number of allylic oxidation sites excluding steroid dienone is 1. The Morgan fingerprint density at radius 1 is 1.18 bits per heavy atom. The topological polar surface area (TPSA) is 73.2 Å². The maximum absolute atomic E-state index is 13.0. The van der Waals surface area contributed by atoms with Gasteiger partial charge in [0.15, 0.2) is 0 Å². The van der Waals surface area contributed by atoms with Crippen molar-refractivity contribution in [2.24, 2.45) is 0 Å². The van der Waals surface area contributed by atoms with E-state index in [1.54, 1.807) is 47.3 Å². The van der Waals surface area contributed by atoms with Gasteiger partial charge in [-0.2, -0.15) is 0 Å². The molecule has 0 aliphatic carbocycles. The Kier molecular flexibility index (Phi) is 5.34. The normalized spacial score (nSPS) is 14.0. The highest BCUT2D eigenvalue weighted by atomic mass is 32.1. The van der Waals surface area contributed by atoms with E-state index in [1.165, 1.54) is 0 Å². The van der Waals surface area contributed by atoms with E-state index in [1.807, 2.05) is 44.2 Å². The summed E-state index contributed by atoms with van der Waals surface area (Å²) in [7, 11) is 1.59. The van der Waals surface area contributed by atoms with Crippen LogP contribution in [0.4, 0.5) is 5.69 Å². The first-order valence-corrected chi connectivity index (χ1v) is 11.5. The van der Waals surface area contributed by atoms with E-state index in [0.717, 1.165) is 44.0 Å². The zero-order chi connectivity index (χ0) is 23.1. The summed E-state index contributed by atoms with van der Waals surface area (Å²) in [6.45, 7) is 4.65. The average Bonchev–Trinajstić information content (AvgIpc) is 3.34. The number of aryl methyl sites for hydroxylation is 2. The van der Waals surface area contributed by atoms with Crippen molar-refractivity contribution in [2.45, 2.75) is 26.8 Å². The summed E-state index contributed by atoms with van der Waals surface area (Å²) >= 11 is 1.57. The molecule has 3 heterocycles. The first-order chi connectivity index (χ1) is 15.9. The SMILES string of the molecule is COc1ccc(C(=O)Nc2cccc(/C=C3\CCn4c3nc3sc(C)c(C)c3c4=O)c2)cc1. The van der Waals surface area contributed by atoms with Crippen LogP contribution in [0.3, 0.4) is 0 Å². The Labute approximate surface area is 195 Å². The van der Waals surface area contributed by atoms with Gasteiger partial charge in [0.2, 0.25) is 0 Å². The van der Waals surface area contributed by atoms with Crippen LogP contribution >= 0.6 is 11.3 Å². The molecule has 2 aromatic heterocycles. The van der Waals surface area contributed by atoms with Crippen molar-refractivity contribution >= 4 is 44.8 Å². The van der Waals surface area contributed by atoms with Crippen LogP contribution in [0.1, 0.15) is 38.6 Å². The van der Waals surface area contributed by atoms with Gasteiger partial charge in [0.1, 0.15) is 16.4 Å². The Morgan fingerprint density at radius 3 is 2.73 bits per heavy atom. The highest BCUT2D eigenvalue weighted by molar-refractivity contribution is 7.18. The van der Waals surface area contributed by atoms with E-state index in [2.05, 4.69) is 5.32 Å². The number of carbonyl (C=O) groups excluding carboxylic acids is 1. The van der Waals surface area contributed by atoms with Crippen LogP contribution in [-0.2, 0) is 6.54 Å². The number of benzene rings is 2. The molecular weight excluding hydrogens is 434 g/mol. The Balaban J connectivity index is 1.43. The van der Waals surface area contributed by atoms with Crippen LogP contribution in [-0.4, -0.2) is 22.6 Å². The lowest BCUT2D eigenvalue weighted by Gasteiger charge is -2.08. The van der Waals surface area contributed by atoms with Gasteiger partial charge in [-0.05, 0) is 79.4 Å². The summed E-state index contributed by atoms with van der Waals surface area (Å²) in [4.78, 5) is 32.4. The molecule has 0 unspecified atom stereocenters. The monoisotopic (exact) mass is 457 g/mol. The summed E-state index contributed by atoms with van der Waals surface area (Å²) in [5.74, 6) is 1.25. The molecule has 1 aliphatic rings. The summed E-state index contributed by atoms with van der Waals surface area (Å²) in [6, 6.07) is 14.6. The predicted octanol–water partition coefficient (Wildman–Crippen LogP) is 5.28. The average molecular weight is 458 g/mol. The predicted molar refractivity (Wildman–Crippen MR) is 133 cm³/mol. The minimum atomic E-state index is -0.187. The number of methoxy groups -OCH3 is 1. The third-order valence-electron chi connectivity index (χ3n) is 6.02. The highest BCUT2D eigenvalue weighted by Gasteiger charge is 2.23. The minimum Gasteiger partial charge on any atom is -0.497 e. The molecule has 6 nitrogen and oxygen atoms in total. The summed E-state index contributed by atoms with van der Waals surface area (Å²) in [6.07, 6.45) is 2.80. The number of anilines is 1. The van der Waals surface area contributed by atoms with Crippen LogP contribution in [0.5, 0.6) is 5.75 Å². The summed E-state index contributed by atoms with van der Waals surface area (Å²) < 4.78 is 6.93. The molecule has 7 heteroatoms. The molecule has 1 amide bonds. The number of rotatable bonds is 4. The molecule has 166 valence electrons. The van der Waals surface area contributed by atoms with E-state index >= 15 is 0 Å². The molecule has 0 radical (unpaired) electrons. The first-order valence-electron chi connectivity index (χ1n) is 10.7. The third-order valence-corrected chi connectivity index (χ3v) is 7.12. The molecular formula is C26H23N3O3S. The van der Waals surface area contributed by atoms with Gasteiger partial charge in [-0.25, -0.2) is 4.98 Å². The van der Waals surface area contributed by atoms with E-state index in [9.17, 15) is 9.59 Å². The van der Waals surface area contributed by atoms with Crippen molar-refractivity contribution in [3.05, 3.63) is 86.3 Å². The van der Waals surface area contributed by atoms with E-state index in [0.29, 0.717) is 23.5 Å². The number of nitrogens with one attached hydrogen (secondary N) is 1. The Morgan fingerprint density at radius 2 is 1.97 bits per heavy atom. The van der Waals surface area contributed by atoms with Crippen LogP contribution in [0, 0.1) is 13.8 Å². The maximum Gasteiger partial charge on any atom is 0.262 e. The first kappa shape index (κ1) is 21.2. The molecule has 0 saturated carbocycles. The van der Waals surface area contributed by atoms with Crippen molar-refractivity contribution < 1.29 is 9.53 Å². The molecule has 1 N–H and O–H groups in total. The molecule has 0 saturated heterocycles. The fourth-order valence-corrected chi connectivity index (χ4v) is 5.13. The molecule has 4 aromatic rings. The van der Waals surface area contributed by atoms with Gasteiger partial charge in [0, 0.05) is 22.7 Å². The molecule has 0 spiro atoms.